The van der Waals surface area contributed by atoms with Crippen LogP contribution in [0.5, 0.6) is 0 Å². The van der Waals surface area contributed by atoms with E-state index < -0.39 is 5.97 Å². The third-order valence-corrected chi connectivity index (χ3v) is 3.11. The molecule has 1 atom stereocenters. The van der Waals surface area contributed by atoms with E-state index in [0.29, 0.717) is 19.5 Å². The van der Waals surface area contributed by atoms with Crippen molar-refractivity contribution in [1.82, 2.24) is 25.2 Å². The van der Waals surface area contributed by atoms with Gasteiger partial charge >= 0.3 is 5.97 Å². The molecule has 20 heavy (non-hydrogen) atoms. The fourth-order valence-corrected chi connectivity index (χ4v) is 2.14. The summed E-state index contributed by atoms with van der Waals surface area (Å²) in [5.74, 6) is -1.77. The quantitative estimate of drug-likeness (QED) is 0.645. The van der Waals surface area contributed by atoms with Gasteiger partial charge in [0.15, 0.2) is 5.69 Å². The molecule has 1 fully saturated rings. The second-order valence-corrected chi connectivity index (χ2v) is 4.48. The molecule has 0 aromatic carbocycles. The SMILES string of the molecule is CCC1C(=O)NC(=O)CN1CCn1cc(C(=O)O)nn1. The van der Waals surface area contributed by atoms with Crippen LogP contribution in [-0.4, -0.2) is 61.9 Å². The molecule has 1 saturated heterocycles. The zero-order valence-electron chi connectivity index (χ0n) is 10.9. The van der Waals surface area contributed by atoms with E-state index in [1.807, 2.05) is 6.92 Å². The Bertz CT molecular complexity index is 541. The second kappa shape index (κ2) is 5.78. The first-order valence-electron chi connectivity index (χ1n) is 6.22. The fourth-order valence-electron chi connectivity index (χ4n) is 2.14. The van der Waals surface area contributed by atoms with E-state index in [-0.39, 0.29) is 30.1 Å². The highest BCUT2D eigenvalue weighted by atomic mass is 16.4. The number of piperazine rings is 1. The number of nitrogens with zero attached hydrogens (tertiary/aromatic N) is 4. The molecule has 0 saturated carbocycles. The van der Waals surface area contributed by atoms with Crippen LogP contribution in [0.3, 0.4) is 0 Å². The third kappa shape index (κ3) is 2.99. The van der Waals surface area contributed by atoms with Gasteiger partial charge in [0.1, 0.15) is 0 Å². The van der Waals surface area contributed by atoms with Gasteiger partial charge in [-0.05, 0) is 6.42 Å². The summed E-state index contributed by atoms with van der Waals surface area (Å²) in [6.07, 6.45) is 1.91. The van der Waals surface area contributed by atoms with Crippen molar-refractivity contribution in [2.45, 2.75) is 25.9 Å². The Balaban J connectivity index is 1.98. The summed E-state index contributed by atoms with van der Waals surface area (Å²) in [7, 11) is 0. The van der Waals surface area contributed by atoms with Gasteiger partial charge in [-0.1, -0.05) is 12.1 Å². The molecule has 2 rings (SSSR count). The number of imide groups is 1. The lowest BCUT2D eigenvalue weighted by atomic mass is 10.1. The lowest BCUT2D eigenvalue weighted by molar-refractivity contribution is -0.140. The van der Waals surface area contributed by atoms with Gasteiger partial charge in [0.2, 0.25) is 11.8 Å². The van der Waals surface area contributed by atoms with Crippen LogP contribution in [0.2, 0.25) is 0 Å². The average molecular weight is 281 g/mol. The van der Waals surface area contributed by atoms with Gasteiger partial charge in [0.05, 0.1) is 25.3 Å². The minimum absolute atomic E-state index is 0.135. The lowest BCUT2D eigenvalue weighted by Gasteiger charge is -2.33. The molecule has 0 aliphatic carbocycles. The molecule has 2 N–H and O–H groups in total. The number of carbonyl (C=O) groups excluding carboxylic acids is 2. The van der Waals surface area contributed by atoms with E-state index >= 15 is 0 Å². The topological polar surface area (TPSA) is 117 Å². The van der Waals surface area contributed by atoms with E-state index in [0.717, 1.165) is 0 Å². The Morgan fingerprint density at radius 1 is 1.50 bits per heavy atom. The van der Waals surface area contributed by atoms with E-state index in [9.17, 15) is 14.4 Å². The number of amides is 2. The van der Waals surface area contributed by atoms with Crippen LogP contribution in [0.15, 0.2) is 6.20 Å². The van der Waals surface area contributed by atoms with Crippen molar-refractivity contribution in [2.75, 3.05) is 13.1 Å². The van der Waals surface area contributed by atoms with Crippen molar-refractivity contribution in [3.63, 3.8) is 0 Å². The number of nitrogens with one attached hydrogen (secondary N) is 1. The number of carbonyl (C=O) groups is 3. The second-order valence-electron chi connectivity index (χ2n) is 4.48. The molecule has 1 aliphatic heterocycles. The summed E-state index contributed by atoms with van der Waals surface area (Å²) in [5.41, 5.74) is -0.135. The first-order valence-corrected chi connectivity index (χ1v) is 6.22. The predicted molar refractivity (Wildman–Crippen MR) is 65.8 cm³/mol. The molecule has 1 aromatic rings. The van der Waals surface area contributed by atoms with Crippen molar-refractivity contribution >= 4 is 17.8 Å². The van der Waals surface area contributed by atoms with E-state index in [2.05, 4.69) is 15.6 Å². The molecule has 108 valence electrons. The first-order chi connectivity index (χ1) is 9.51. The Morgan fingerprint density at radius 3 is 2.85 bits per heavy atom. The molecule has 9 nitrogen and oxygen atoms in total. The van der Waals surface area contributed by atoms with Gasteiger partial charge < -0.3 is 5.11 Å². The smallest absolute Gasteiger partial charge is 0.358 e. The predicted octanol–water partition coefficient (Wildman–Crippen LogP) is -1.29. The van der Waals surface area contributed by atoms with Crippen LogP contribution in [0.4, 0.5) is 0 Å². The number of rotatable bonds is 5. The van der Waals surface area contributed by atoms with Gasteiger partial charge in [-0.3, -0.25) is 24.5 Å². The Morgan fingerprint density at radius 2 is 2.25 bits per heavy atom. The minimum atomic E-state index is -1.14. The van der Waals surface area contributed by atoms with Crippen LogP contribution in [0.1, 0.15) is 23.8 Å². The Labute approximate surface area is 114 Å². The van der Waals surface area contributed by atoms with Crippen LogP contribution in [0.25, 0.3) is 0 Å². The van der Waals surface area contributed by atoms with Crippen molar-refractivity contribution < 1.29 is 19.5 Å². The van der Waals surface area contributed by atoms with Crippen molar-refractivity contribution in [3.05, 3.63) is 11.9 Å². The molecule has 0 spiro atoms. The van der Waals surface area contributed by atoms with E-state index in [1.165, 1.54) is 10.9 Å². The maximum absolute atomic E-state index is 11.7. The van der Waals surface area contributed by atoms with Gasteiger partial charge in [-0.15, -0.1) is 5.10 Å². The molecular weight excluding hydrogens is 266 g/mol. The first kappa shape index (κ1) is 14.1. The molecular formula is C11H15N5O4. The summed E-state index contributed by atoms with van der Waals surface area (Å²) < 4.78 is 1.38. The van der Waals surface area contributed by atoms with Gasteiger partial charge in [-0.25, -0.2) is 4.79 Å². The summed E-state index contributed by atoms with van der Waals surface area (Å²) >= 11 is 0. The minimum Gasteiger partial charge on any atom is -0.476 e. The van der Waals surface area contributed by atoms with Crippen molar-refractivity contribution in [3.8, 4) is 0 Å². The maximum atomic E-state index is 11.7. The molecule has 1 unspecified atom stereocenters. The molecule has 9 heteroatoms. The maximum Gasteiger partial charge on any atom is 0.358 e. The van der Waals surface area contributed by atoms with Crippen LogP contribution in [0, 0.1) is 0 Å². The molecule has 2 amide bonds. The zero-order valence-corrected chi connectivity index (χ0v) is 10.9. The molecule has 0 radical (unpaired) electrons. The molecule has 1 aliphatic rings. The van der Waals surface area contributed by atoms with Crippen molar-refractivity contribution in [2.24, 2.45) is 0 Å². The number of aromatic carboxylic acids is 1. The summed E-state index contributed by atoms with van der Waals surface area (Å²) in [6, 6.07) is -0.352. The van der Waals surface area contributed by atoms with Crippen LogP contribution < -0.4 is 5.32 Å². The monoisotopic (exact) mass is 281 g/mol. The number of hydrogen-bond donors (Lipinski definition) is 2. The molecule has 2 heterocycles. The number of aromatic nitrogens is 3. The normalized spacial score (nSPS) is 19.9. The highest BCUT2D eigenvalue weighted by molar-refractivity contribution is 6.01. The highest BCUT2D eigenvalue weighted by Gasteiger charge is 2.31. The van der Waals surface area contributed by atoms with E-state index in [4.69, 9.17) is 5.11 Å². The summed E-state index contributed by atoms with van der Waals surface area (Å²) in [6.45, 7) is 2.78. The third-order valence-electron chi connectivity index (χ3n) is 3.11. The number of carboxylic acid groups (broad SMARTS) is 1. The van der Waals surface area contributed by atoms with Gasteiger partial charge in [-0.2, -0.15) is 0 Å². The highest BCUT2D eigenvalue weighted by Crippen LogP contribution is 2.09. The van der Waals surface area contributed by atoms with E-state index in [1.54, 1.807) is 4.90 Å². The fraction of sp³-hybridized carbons (Fsp3) is 0.545. The Kier molecular flexibility index (Phi) is 4.08. The summed E-state index contributed by atoms with van der Waals surface area (Å²) in [4.78, 5) is 35.5. The molecule has 0 bridgehead atoms. The largest absolute Gasteiger partial charge is 0.476 e. The standard InChI is InChI=1S/C11H15N5O4/c1-2-8-10(18)12-9(17)6-15(8)3-4-16-5-7(11(19)20)13-14-16/h5,8H,2-4,6H2,1H3,(H,19,20)(H,12,17,18). The molecule has 1 aromatic heterocycles. The number of hydrogen-bond acceptors (Lipinski definition) is 6. The van der Waals surface area contributed by atoms with Gasteiger partial charge in [0.25, 0.3) is 0 Å². The van der Waals surface area contributed by atoms with Crippen LogP contribution in [-0.2, 0) is 16.1 Å². The zero-order chi connectivity index (χ0) is 14.7. The average Bonchev–Trinajstić information content (AvgIpc) is 2.84. The van der Waals surface area contributed by atoms with Crippen molar-refractivity contribution in [1.29, 1.82) is 0 Å². The van der Waals surface area contributed by atoms with Gasteiger partial charge in [0, 0.05) is 6.54 Å². The van der Waals surface area contributed by atoms with Crippen LogP contribution >= 0.6 is 0 Å². The lowest BCUT2D eigenvalue weighted by Crippen LogP contribution is -2.58. The summed E-state index contributed by atoms with van der Waals surface area (Å²) in [5, 5.41) is 18.2. The number of carboxylic acids is 1. The Hall–Kier alpha value is -2.29.